The molecule has 26 heavy (non-hydrogen) atoms. The summed E-state index contributed by atoms with van der Waals surface area (Å²) in [5.74, 6) is 0.292. The molecule has 0 saturated carbocycles. The third kappa shape index (κ3) is 3.39. The standard InChI is InChI=1S/C18H17N5O3/c1-12-10-14(13(2)22(12)15-5-7-16(24)8-6-15)11-20-21-18-17(23(25)26)4-3-9-19-18/h3-11,24H,1-2H3,(H,19,21)/b20-11-. The number of phenolic OH excluding ortho intramolecular Hbond substituents is 1. The topological polar surface area (TPSA) is 106 Å². The van der Waals surface area contributed by atoms with Gasteiger partial charge in [-0.2, -0.15) is 5.10 Å². The maximum absolute atomic E-state index is 11.0. The van der Waals surface area contributed by atoms with Crippen molar-refractivity contribution in [2.75, 3.05) is 5.43 Å². The smallest absolute Gasteiger partial charge is 0.313 e. The number of benzene rings is 1. The minimum atomic E-state index is -0.512. The summed E-state index contributed by atoms with van der Waals surface area (Å²) in [4.78, 5) is 14.4. The maximum atomic E-state index is 11.0. The van der Waals surface area contributed by atoms with Crippen LogP contribution < -0.4 is 5.43 Å². The van der Waals surface area contributed by atoms with Crippen LogP contribution >= 0.6 is 0 Å². The van der Waals surface area contributed by atoms with E-state index in [-0.39, 0.29) is 17.3 Å². The first-order chi connectivity index (χ1) is 12.5. The van der Waals surface area contributed by atoms with E-state index >= 15 is 0 Å². The van der Waals surface area contributed by atoms with E-state index in [2.05, 4.69) is 15.5 Å². The number of phenols is 1. The van der Waals surface area contributed by atoms with Crippen molar-refractivity contribution in [1.29, 1.82) is 0 Å². The van der Waals surface area contributed by atoms with E-state index in [9.17, 15) is 15.2 Å². The van der Waals surface area contributed by atoms with Gasteiger partial charge in [0.2, 0.25) is 5.82 Å². The molecule has 0 unspecified atom stereocenters. The highest BCUT2D eigenvalue weighted by molar-refractivity contribution is 5.83. The minimum absolute atomic E-state index is 0.0843. The van der Waals surface area contributed by atoms with Crippen molar-refractivity contribution in [1.82, 2.24) is 9.55 Å². The number of aryl methyl sites for hydroxylation is 1. The van der Waals surface area contributed by atoms with Crippen LogP contribution in [0.2, 0.25) is 0 Å². The average molecular weight is 351 g/mol. The van der Waals surface area contributed by atoms with Gasteiger partial charge in [0.15, 0.2) is 0 Å². The number of pyridine rings is 1. The summed E-state index contributed by atoms with van der Waals surface area (Å²) >= 11 is 0. The molecule has 0 amide bonds. The minimum Gasteiger partial charge on any atom is -0.508 e. The molecule has 3 aromatic rings. The van der Waals surface area contributed by atoms with Crippen molar-refractivity contribution in [3.05, 3.63) is 75.7 Å². The van der Waals surface area contributed by atoms with Crippen molar-refractivity contribution in [2.24, 2.45) is 5.10 Å². The van der Waals surface area contributed by atoms with Crippen molar-refractivity contribution >= 4 is 17.7 Å². The van der Waals surface area contributed by atoms with Crippen molar-refractivity contribution in [3.63, 3.8) is 0 Å². The lowest BCUT2D eigenvalue weighted by Gasteiger charge is -2.09. The number of nitrogens with one attached hydrogen (secondary N) is 1. The summed E-state index contributed by atoms with van der Waals surface area (Å²) in [6.07, 6.45) is 3.05. The highest BCUT2D eigenvalue weighted by Gasteiger charge is 2.13. The van der Waals surface area contributed by atoms with Crippen LogP contribution in [-0.4, -0.2) is 25.8 Å². The lowest BCUT2D eigenvalue weighted by Crippen LogP contribution is -2.00. The van der Waals surface area contributed by atoms with Crippen molar-refractivity contribution < 1.29 is 10.0 Å². The van der Waals surface area contributed by atoms with E-state index in [0.717, 1.165) is 22.6 Å². The zero-order valence-corrected chi connectivity index (χ0v) is 14.2. The van der Waals surface area contributed by atoms with Gasteiger partial charge in [-0.3, -0.25) is 15.5 Å². The fourth-order valence-corrected chi connectivity index (χ4v) is 2.71. The van der Waals surface area contributed by atoms with Gasteiger partial charge < -0.3 is 9.67 Å². The van der Waals surface area contributed by atoms with Crippen molar-refractivity contribution in [2.45, 2.75) is 13.8 Å². The Balaban J connectivity index is 1.85. The molecule has 0 atom stereocenters. The van der Waals surface area contributed by atoms with Crippen LogP contribution in [0.1, 0.15) is 17.0 Å². The lowest BCUT2D eigenvalue weighted by molar-refractivity contribution is -0.384. The molecule has 0 bridgehead atoms. The van der Waals surface area contributed by atoms with E-state index < -0.39 is 4.92 Å². The SMILES string of the molecule is Cc1cc(/C=N\Nc2ncccc2[N+](=O)[O-])c(C)n1-c1ccc(O)cc1. The van der Waals surface area contributed by atoms with Gasteiger partial charge in [-0.05, 0) is 50.2 Å². The van der Waals surface area contributed by atoms with Crippen LogP contribution in [0.25, 0.3) is 5.69 Å². The molecule has 2 heterocycles. The second kappa shape index (κ2) is 7.06. The molecule has 0 spiro atoms. The zero-order chi connectivity index (χ0) is 18.7. The van der Waals surface area contributed by atoms with Gasteiger partial charge >= 0.3 is 5.69 Å². The Hall–Kier alpha value is -3.68. The van der Waals surface area contributed by atoms with Crippen LogP contribution in [0, 0.1) is 24.0 Å². The molecule has 8 nitrogen and oxygen atoms in total. The summed E-state index contributed by atoms with van der Waals surface area (Å²) in [6, 6.07) is 11.7. The average Bonchev–Trinajstić information content (AvgIpc) is 2.90. The van der Waals surface area contributed by atoms with Gasteiger partial charge in [0, 0.05) is 34.9 Å². The van der Waals surface area contributed by atoms with E-state index in [1.807, 2.05) is 36.6 Å². The lowest BCUT2D eigenvalue weighted by atomic mass is 10.2. The normalized spacial score (nSPS) is 11.0. The molecule has 0 aliphatic rings. The number of nitrogens with zero attached hydrogens (tertiary/aromatic N) is 4. The predicted molar refractivity (Wildman–Crippen MR) is 99.0 cm³/mol. The van der Waals surface area contributed by atoms with Crippen LogP contribution in [0.4, 0.5) is 11.5 Å². The van der Waals surface area contributed by atoms with Gasteiger partial charge in [0.1, 0.15) is 5.75 Å². The summed E-state index contributed by atoms with van der Waals surface area (Å²) in [5, 5.41) is 24.5. The number of hydrazone groups is 1. The maximum Gasteiger partial charge on any atom is 0.313 e. The summed E-state index contributed by atoms with van der Waals surface area (Å²) in [5.41, 5.74) is 6.22. The summed E-state index contributed by atoms with van der Waals surface area (Å²) in [6.45, 7) is 3.92. The highest BCUT2D eigenvalue weighted by Crippen LogP contribution is 2.22. The first-order valence-electron chi connectivity index (χ1n) is 7.84. The third-order valence-electron chi connectivity index (χ3n) is 3.94. The number of hydrogen-bond donors (Lipinski definition) is 2. The third-order valence-corrected chi connectivity index (χ3v) is 3.94. The van der Waals surface area contributed by atoms with Crippen LogP contribution in [0.15, 0.2) is 53.8 Å². The van der Waals surface area contributed by atoms with E-state index in [1.54, 1.807) is 18.3 Å². The molecule has 0 saturated heterocycles. The molecule has 0 fully saturated rings. The second-order valence-electron chi connectivity index (χ2n) is 5.68. The fraction of sp³-hybridized carbons (Fsp3) is 0.111. The Morgan fingerprint density at radius 3 is 2.69 bits per heavy atom. The van der Waals surface area contributed by atoms with Crippen LogP contribution in [0.5, 0.6) is 5.75 Å². The van der Waals surface area contributed by atoms with Gasteiger partial charge in [0.25, 0.3) is 0 Å². The second-order valence-corrected chi connectivity index (χ2v) is 5.68. The molecule has 3 rings (SSSR count). The van der Waals surface area contributed by atoms with E-state index in [0.29, 0.717) is 0 Å². The Kier molecular flexibility index (Phi) is 4.66. The Morgan fingerprint density at radius 1 is 1.27 bits per heavy atom. The number of rotatable bonds is 5. The molecule has 8 heteroatoms. The summed E-state index contributed by atoms with van der Waals surface area (Å²) in [7, 11) is 0. The Labute approximate surface area is 149 Å². The summed E-state index contributed by atoms with van der Waals surface area (Å²) < 4.78 is 2.03. The van der Waals surface area contributed by atoms with Crippen LogP contribution in [-0.2, 0) is 0 Å². The predicted octanol–water partition coefficient (Wildman–Crippen LogP) is 3.55. The Morgan fingerprint density at radius 2 is 2.00 bits per heavy atom. The molecule has 0 radical (unpaired) electrons. The van der Waals surface area contributed by atoms with Crippen molar-refractivity contribution in [3.8, 4) is 11.4 Å². The highest BCUT2D eigenvalue weighted by atomic mass is 16.6. The molecular formula is C18H17N5O3. The first kappa shape index (κ1) is 17.2. The number of anilines is 1. The van der Waals surface area contributed by atoms with E-state index in [1.165, 1.54) is 18.3 Å². The van der Waals surface area contributed by atoms with Gasteiger partial charge in [-0.15, -0.1) is 0 Å². The van der Waals surface area contributed by atoms with Gasteiger partial charge in [-0.25, -0.2) is 4.98 Å². The van der Waals surface area contributed by atoms with Gasteiger partial charge in [0.05, 0.1) is 11.1 Å². The largest absolute Gasteiger partial charge is 0.508 e. The van der Waals surface area contributed by atoms with Crippen LogP contribution in [0.3, 0.4) is 0 Å². The van der Waals surface area contributed by atoms with Gasteiger partial charge in [-0.1, -0.05) is 0 Å². The first-order valence-corrected chi connectivity index (χ1v) is 7.84. The number of nitro groups is 1. The molecule has 2 N–H and O–H groups in total. The quantitative estimate of drug-likeness (QED) is 0.415. The molecule has 0 aliphatic carbocycles. The molecular weight excluding hydrogens is 334 g/mol. The molecule has 0 aliphatic heterocycles. The zero-order valence-electron chi connectivity index (χ0n) is 14.2. The number of hydrogen-bond acceptors (Lipinski definition) is 6. The number of aromatic nitrogens is 2. The monoisotopic (exact) mass is 351 g/mol. The fourth-order valence-electron chi connectivity index (χ4n) is 2.71. The molecule has 132 valence electrons. The Bertz CT molecular complexity index is 977. The van der Waals surface area contributed by atoms with E-state index in [4.69, 9.17) is 0 Å². The number of aromatic hydroxyl groups is 1. The molecule has 2 aromatic heterocycles. The molecule has 1 aromatic carbocycles.